The third-order valence-electron chi connectivity index (χ3n) is 5.14. The Bertz CT molecular complexity index is 1120. The Hall–Kier alpha value is -3.93. The molecule has 0 spiro atoms. The number of hydrogen-bond donors (Lipinski definition) is 3. The van der Waals surface area contributed by atoms with E-state index >= 15 is 0 Å². The molecule has 3 rings (SSSR count). The first-order chi connectivity index (χ1) is 15.7. The van der Waals surface area contributed by atoms with E-state index in [1.807, 2.05) is 18.2 Å². The van der Waals surface area contributed by atoms with Gasteiger partial charge in [0.25, 0.3) is 11.8 Å². The lowest BCUT2D eigenvalue weighted by atomic mass is 9.87. The number of amides is 3. The molecule has 0 unspecified atom stereocenters. The predicted octanol–water partition coefficient (Wildman–Crippen LogP) is 5.00. The van der Waals surface area contributed by atoms with Gasteiger partial charge in [0.1, 0.15) is 0 Å². The SMILES string of the molecule is CC(C)(C)c1ccc(C(=O)NCCC(=O)Nc2ccccc2NC(=O)c2ccccc2)cc1. The molecule has 33 heavy (non-hydrogen) atoms. The van der Waals surface area contributed by atoms with Crippen molar-refractivity contribution in [1.82, 2.24) is 5.32 Å². The maximum absolute atomic E-state index is 12.4. The number of para-hydroxylation sites is 2. The van der Waals surface area contributed by atoms with Crippen molar-refractivity contribution in [2.75, 3.05) is 17.2 Å². The Morgan fingerprint density at radius 1 is 0.667 bits per heavy atom. The molecule has 0 bridgehead atoms. The second-order valence-electron chi connectivity index (χ2n) is 8.75. The highest BCUT2D eigenvalue weighted by Gasteiger charge is 2.15. The maximum Gasteiger partial charge on any atom is 0.255 e. The van der Waals surface area contributed by atoms with Gasteiger partial charge in [-0.1, -0.05) is 63.2 Å². The van der Waals surface area contributed by atoms with Crippen molar-refractivity contribution >= 4 is 29.1 Å². The van der Waals surface area contributed by atoms with Crippen molar-refractivity contribution in [1.29, 1.82) is 0 Å². The Morgan fingerprint density at radius 2 is 1.21 bits per heavy atom. The van der Waals surface area contributed by atoms with Crippen molar-refractivity contribution in [2.24, 2.45) is 0 Å². The standard InChI is InChI=1S/C27H29N3O3/c1-27(2,3)21-15-13-20(14-16-21)25(32)28-18-17-24(31)29-22-11-7-8-12-23(22)30-26(33)19-9-5-4-6-10-19/h4-16H,17-18H2,1-3H3,(H,28,32)(H,29,31)(H,30,33). The molecule has 0 radical (unpaired) electrons. The number of anilines is 2. The molecule has 0 atom stereocenters. The van der Waals surface area contributed by atoms with Gasteiger partial charge in [-0.2, -0.15) is 0 Å². The second kappa shape index (κ2) is 10.6. The van der Waals surface area contributed by atoms with Crippen LogP contribution in [-0.4, -0.2) is 24.3 Å². The summed E-state index contributed by atoms with van der Waals surface area (Å²) >= 11 is 0. The molecule has 170 valence electrons. The summed E-state index contributed by atoms with van der Waals surface area (Å²) in [4.78, 5) is 37.2. The maximum atomic E-state index is 12.4. The molecule has 0 aliphatic heterocycles. The Morgan fingerprint density at radius 3 is 1.82 bits per heavy atom. The lowest BCUT2D eigenvalue weighted by Crippen LogP contribution is -2.28. The van der Waals surface area contributed by atoms with E-state index in [1.54, 1.807) is 60.7 Å². The first-order valence-electron chi connectivity index (χ1n) is 10.9. The summed E-state index contributed by atoms with van der Waals surface area (Å²) in [6.07, 6.45) is 0.104. The molecule has 3 amide bonds. The van der Waals surface area contributed by atoms with E-state index in [4.69, 9.17) is 0 Å². The summed E-state index contributed by atoms with van der Waals surface area (Å²) in [6.45, 7) is 6.55. The number of benzene rings is 3. The summed E-state index contributed by atoms with van der Waals surface area (Å²) < 4.78 is 0. The zero-order chi connectivity index (χ0) is 23.8. The number of rotatable bonds is 7. The van der Waals surface area contributed by atoms with Crippen molar-refractivity contribution in [3.05, 3.63) is 95.6 Å². The zero-order valence-corrected chi connectivity index (χ0v) is 19.1. The normalized spacial score (nSPS) is 10.9. The van der Waals surface area contributed by atoms with E-state index in [-0.39, 0.29) is 36.1 Å². The minimum atomic E-state index is -0.264. The van der Waals surface area contributed by atoms with Crippen LogP contribution in [0.15, 0.2) is 78.9 Å². The fourth-order valence-electron chi connectivity index (χ4n) is 3.21. The van der Waals surface area contributed by atoms with Gasteiger partial charge in [0.05, 0.1) is 11.4 Å². The smallest absolute Gasteiger partial charge is 0.255 e. The minimum absolute atomic E-state index is 0.0178. The van der Waals surface area contributed by atoms with Crippen molar-refractivity contribution in [2.45, 2.75) is 32.6 Å². The zero-order valence-electron chi connectivity index (χ0n) is 19.1. The fraction of sp³-hybridized carbons (Fsp3) is 0.222. The molecule has 0 fully saturated rings. The number of nitrogens with one attached hydrogen (secondary N) is 3. The van der Waals surface area contributed by atoms with E-state index in [9.17, 15) is 14.4 Å². The van der Waals surface area contributed by atoms with Crippen LogP contribution in [0.4, 0.5) is 11.4 Å². The van der Waals surface area contributed by atoms with Crippen LogP contribution in [0, 0.1) is 0 Å². The monoisotopic (exact) mass is 443 g/mol. The van der Waals surface area contributed by atoms with Crippen LogP contribution in [-0.2, 0) is 10.2 Å². The van der Waals surface area contributed by atoms with Gasteiger partial charge < -0.3 is 16.0 Å². The Kier molecular flexibility index (Phi) is 7.61. The molecule has 3 aromatic carbocycles. The molecule has 0 saturated carbocycles. The van der Waals surface area contributed by atoms with E-state index in [2.05, 4.69) is 36.7 Å². The second-order valence-corrected chi connectivity index (χ2v) is 8.75. The van der Waals surface area contributed by atoms with E-state index in [0.717, 1.165) is 5.56 Å². The van der Waals surface area contributed by atoms with Crippen molar-refractivity contribution in [3.8, 4) is 0 Å². The van der Waals surface area contributed by atoms with E-state index < -0.39 is 0 Å². The highest BCUT2D eigenvalue weighted by molar-refractivity contribution is 6.07. The molecule has 0 aliphatic rings. The molecule has 0 saturated heterocycles. The van der Waals surface area contributed by atoms with E-state index in [1.165, 1.54) is 0 Å². The van der Waals surface area contributed by atoms with Crippen LogP contribution in [0.5, 0.6) is 0 Å². The van der Waals surface area contributed by atoms with Gasteiger partial charge in [-0.3, -0.25) is 14.4 Å². The van der Waals surface area contributed by atoms with Crippen molar-refractivity contribution < 1.29 is 14.4 Å². The molecule has 0 aromatic heterocycles. The highest BCUT2D eigenvalue weighted by atomic mass is 16.2. The Labute approximate surface area is 194 Å². The third kappa shape index (κ3) is 6.77. The molecule has 3 aromatic rings. The Balaban J connectivity index is 1.52. The van der Waals surface area contributed by atoms with Gasteiger partial charge in [0.2, 0.25) is 5.91 Å². The molecular formula is C27H29N3O3. The lowest BCUT2D eigenvalue weighted by Gasteiger charge is -2.19. The fourth-order valence-corrected chi connectivity index (χ4v) is 3.21. The summed E-state index contributed by atoms with van der Waals surface area (Å²) in [5, 5.41) is 8.39. The highest BCUT2D eigenvalue weighted by Crippen LogP contribution is 2.23. The summed E-state index contributed by atoms with van der Waals surface area (Å²) in [6, 6.07) is 23.3. The quantitative estimate of drug-likeness (QED) is 0.480. The average molecular weight is 444 g/mol. The van der Waals surface area contributed by atoms with Gasteiger partial charge in [0.15, 0.2) is 0 Å². The number of hydrogen-bond acceptors (Lipinski definition) is 3. The molecule has 0 aliphatic carbocycles. The van der Waals surface area contributed by atoms with Crippen LogP contribution in [0.2, 0.25) is 0 Å². The van der Waals surface area contributed by atoms with E-state index in [0.29, 0.717) is 22.5 Å². The molecule has 0 heterocycles. The van der Waals surface area contributed by atoms with Crippen LogP contribution in [0.1, 0.15) is 53.5 Å². The summed E-state index contributed by atoms with van der Waals surface area (Å²) in [5.41, 5.74) is 3.24. The summed E-state index contributed by atoms with van der Waals surface area (Å²) in [5.74, 6) is -0.749. The number of carbonyl (C=O) groups excluding carboxylic acids is 3. The van der Waals surface area contributed by atoms with Crippen LogP contribution in [0.3, 0.4) is 0 Å². The van der Waals surface area contributed by atoms with Crippen LogP contribution >= 0.6 is 0 Å². The predicted molar refractivity (Wildman–Crippen MR) is 132 cm³/mol. The van der Waals surface area contributed by atoms with Gasteiger partial charge >= 0.3 is 0 Å². The molecular weight excluding hydrogens is 414 g/mol. The first-order valence-corrected chi connectivity index (χ1v) is 10.9. The van der Waals surface area contributed by atoms with Gasteiger partial charge in [-0.25, -0.2) is 0 Å². The third-order valence-corrected chi connectivity index (χ3v) is 5.14. The largest absolute Gasteiger partial charge is 0.352 e. The van der Waals surface area contributed by atoms with Crippen LogP contribution < -0.4 is 16.0 Å². The van der Waals surface area contributed by atoms with Gasteiger partial charge in [0, 0.05) is 24.1 Å². The van der Waals surface area contributed by atoms with Crippen molar-refractivity contribution in [3.63, 3.8) is 0 Å². The topological polar surface area (TPSA) is 87.3 Å². The lowest BCUT2D eigenvalue weighted by molar-refractivity contribution is -0.116. The van der Waals surface area contributed by atoms with Crippen LogP contribution in [0.25, 0.3) is 0 Å². The first kappa shape index (κ1) is 23.7. The molecule has 3 N–H and O–H groups in total. The number of carbonyl (C=O) groups is 3. The summed E-state index contributed by atoms with van der Waals surface area (Å²) in [7, 11) is 0. The molecule has 6 nitrogen and oxygen atoms in total. The average Bonchev–Trinajstić information content (AvgIpc) is 2.80. The minimum Gasteiger partial charge on any atom is -0.352 e. The van der Waals surface area contributed by atoms with Gasteiger partial charge in [-0.15, -0.1) is 0 Å². The molecule has 6 heteroatoms. The van der Waals surface area contributed by atoms with Gasteiger partial charge in [-0.05, 0) is 47.4 Å².